The smallest absolute Gasteiger partial charge is 0.170 e. The Kier molecular flexibility index (Phi) is 4.07. The van der Waals surface area contributed by atoms with Crippen LogP contribution in [0.15, 0.2) is 24.3 Å². The minimum Gasteiger partial charge on any atom is -0.508 e. The van der Waals surface area contributed by atoms with Gasteiger partial charge in [0.05, 0.1) is 0 Å². The number of pyridine rings is 1. The predicted molar refractivity (Wildman–Crippen MR) is 72.5 cm³/mol. The summed E-state index contributed by atoms with van der Waals surface area (Å²) in [6.07, 6.45) is 0. The lowest BCUT2D eigenvalue weighted by atomic mass is 10.3. The molecule has 1 N–H and O–H groups in total. The Bertz CT molecular complexity index is 578. The molecule has 0 aliphatic carbocycles. The summed E-state index contributed by atoms with van der Waals surface area (Å²) in [4.78, 5) is 3.73. The van der Waals surface area contributed by atoms with Crippen molar-refractivity contribution in [3.05, 3.63) is 44.6 Å². The molecule has 0 bridgehead atoms. The van der Waals surface area contributed by atoms with Gasteiger partial charge in [-0.2, -0.15) is 0 Å². The monoisotopic (exact) mass is 323 g/mol. The normalized spacial score (nSPS) is 10.4. The van der Waals surface area contributed by atoms with E-state index in [0.717, 1.165) is 0 Å². The molecule has 0 saturated carbocycles. The van der Waals surface area contributed by atoms with Crippen LogP contribution in [0.1, 0.15) is 0 Å². The number of nitrogens with zero attached hydrogens (tertiary/aromatic N) is 1. The number of halogens is 4. The Morgan fingerprint density at radius 1 is 1.00 bits per heavy atom. The predicted octanol–water partition coefficient (Wildman–Crippen LogP) is 5.19. The molecule has 0 fully saturated rings. The number of ether oxygens (including phenoxy) is 1. The van der Waals surface area contributed by atoms with Gasteiger partial charge in [0.2, 0.25) is 0 Å². The fourth-order valence-corrected chi connectivity index (χ4v) is 2.01. The van der Waals surface area contributed by atoms with E-state index < -0.39 is 0 Å². The second kappa shape index (κ2) is 5.41. The lowest BCUT2D eigenvalue weighted by Gasteiger charge is -2.11. The lowest BCUT2D eigenvalue weighted by Crippen LogP contribution is -1.90. The van der Waals surface area contributed by atoms with Crippen molar-refractivity contribution in [1.29, 1.82) is 0 Å². The summed E-state index contributed by atoms with van der Waals surface area (Å²) in [5.41, 5.74) is 0. The lowest BCUT2D eigenvalue weighted by molar-refractivity contribution is 0.455. The Morgan fingerprint density at radius 2 is 1.61 bits per heavy atom. The van der Waals surface area contributed by atoms with Gasteiger partial charge >= 0.3 is 0 Å². The molecule has 0 saturated heterocycles. The summed E-state index contributed by atoms with van der Waals surface area (Å²) in [5.74, 6) is 0.483. The second-order valence-corrected chi connectivity index (χ2v) is 4.72. The number of hydrogen-bond acceptors (Lipinski definition) is 3. The molecule has 18 heavy (non-hydrogen) atoms. The van der Waals surface area contributed by atoms with Gasteiger partial charge in [-0.25, -0.2) is 4.98 Å². The van der Waals surface area contributed by atoms with Crippen molar-refractivity contribution >= 4 is 46.4 Å². The zero-order valence-electron chi connectivity index (χ0n) is 8.62. The zero-order chi connectivity index (χ0) is 13.3. The van der Waals surface area contributed by atoms with E-state index in [9.17, 15) is 5.11 Å². The largest absolute Gasteiger partial charge is 0.508 e. The fraction of sp³-hybridized carbons (Fsp3) is 0. The van der Waals surface area contributed by atoms with Crippen molar-refractivity contribution < 1.29 is 9.84 Å². The van der Waals surface area contributed by atoms with Crippen molar-refractivity contribution in [2.45, 2.75) is 0 Å². The Labute approximate surface area is 123 Å². The highest BCUT2D eigenvalue weighted by Crippen LogP contribution is 2.43. The second-order valence-electron chi connectivity index (χ2n) is 3.25. The van der Waals surface area contributed by atoms with Crippen LogP contribution in [0.5, 0.6) is 17.2 Å². The molecule has 1 heterocycles. The highest BCUT2D eigenvalue weighted by Gasteiger charge is 2.17. The van der Waals surface area contributed by atoms with Crippen LogP contribution in [-0.2, 0) is 0 Å². The third kappa shape index (κ3) is 2.75. The van der Waals surface area contributed by atoms with Gasteiger partial charge in [-0.1, -0.05) is 52.5 Å². The Morgan fingerprint density at radius 3 is 2.17 bits per heavy atom. The van der Waals surface area contributed by atoms with Gasteiger partial charge in [0.15, 0.2) is 16.1 Å². The van der Waals surface area contributed by atoms with Crippen LogP contribution in [0.2, 0.25) is 20.4 Å². The summed E-state index contributed by atoms with van der Waals surface area (Å²) in [6, 6.07) is 6.13. The van der Waals surface area contributed by atoms with E-state index >= 15 is 0 Å². The molecule has 0 radical (unpaired) electrons. The average Bonchev–Trinajstić information content (AvgIpc) is 2.32. The van der Waals surface area contributed by atoms with Crippen molar-refractivity contribution in [1.82, 2.24) is 4.98 Å². The number of benzene rings is 1. The van der Waals surface area contributed by atoms with Crippen LogP contribution >= 0.6 is 46.4 Å². The van der Waals surface area contributed by atoms with E-state index in [0.29, 0.717) is 5.75 Å². The van der Waals surface area contributed by atoms with Crippen LogP contribution in [-0.4, -0.2) is 10.1 Å². The molecule has 0 amide bonds. The topological polar surface area (TPSA) is 42.4 Å². The highest BCUT2D eigenvalue weighted by molar-refractivity contribution is 6.47. The molecule has 2 rings (SSSR count). The maximum atomic E-state index is 9.33. The molecule has 3 nitrogen and oxygen atoms in total. The van der Waals surface area contributed by atoms with Crippen molar-refractivity contribution in [3.63, 3.8) is 0 Å². The molecule has 1 aromatic heterocycles. The molecular weight excluding hydrogens is 320 g/mol. The highest BCUT2D eigenvalue weighted by atomic mass is 35.5. The van der Waals surface area contributed by atoms with E-state index in [1.54, 1.807) is 12.1 Å². The molecule has 2 aromatic rings. The van der Waals surface area contributed by atoms with E-state index in [4.69, 9.17) is 51.1 Å². The molecule has 0 atom stereocenters. The van der Waals surface area contributed by atoms with Crippen LogP contribution in [0.25, 0.3) is 0 Å². The van der Waals surface area contributed by atoms with Gasteiger partial charge in [0.25, 0.3) is 0 Å². The summed E-state index contributed by atoms with van der Waals surface area (Å²) < 4.78 is 5.45. The van der Waals surface area contributed by atoms with E-state index in [2.05, 4.69) is 4.98 Å². The Hall–Kier alpha value is -0.870. The van der Waals surface area contributed by atoms with Crippen molar-refractivity contribution in [3.8, 4) is 17.2 Å². The minimum absolute atomic E-state index is 0.0128. The van der Waals surface area contributed by atoms with Crippen molar-refractivity contribution in [2.75, 3.05) is 0 Å². The third-order valence-corrected chi connectivity index (χ3v) is 3.44. The van der Waals surface area contributed by atoms with Gasteiger partial charge in [0, 0.05) is 6.07 Å². The maximum Gasteiger partial charge on any atom is 0.170 e. The number of aromatic nitrogens is 1. The third-order valence-electron chi connectivity index (χ3n) is 1.99. The number of phenolic OH excluding ortho intramolecular Hbond substituents is 1. The molecule has 0 aliphatic heterocycles. The summed E-state index contributed by atoms with van der Waals surface area (Å²) in [5, 5.41) is 9.40. The van der Waals surface area contributed by atoms with Gasteiger partial charge in [-0.15, -0.1) is 0 Å². The molecule has 94 valence electrons. The number of rotatable bonds is 2. The SMILES string of the molecule is Oc1cccc(Oc2c(Cl)c(Cl)nc(Cl)c2Cl)c1. The first-order valence-corrected chi connectivity index (χ1v) is 6.17. The first-order chi connectivity index (χ1) is 8.49. The summed E-state index contributed by atoms with van der Waals surface area (Å²) >= 11 is 23.4. The Balaban J connectivity index is 2.46. The maximum absolute atomic E-state index is 9.33. The fourth-order valence-electron chi connectivity index (χ4n) is 1.22. The van der Waals surface area contributed by atoms with Crippen molar-refractivity contribution in [2.24, 2.45) is 0 Å². The van der Waals surface area contributed by atoms with Gasteiger partial charge in [-0.3, -0.25) is 0 Å². The molecular formula is C11H5Cl4NO2. The zero-order valence-corrected chi connectivity index (χ0v) is 11.6. The molecule has 7 heteroatoms. The molecule has 0 unspecified atom stereocenters. The number of hydrogen-bond donors (Lipinski definition) is 1. The summed E-state index contributed by atoms with van der Waals surface area (Å²) in [7, 11) is 0. The number of aromatic hydroxyl groups is 1. The van der Waals surface area contributed by atoms with Crippen LogP contribution in [0, 0.1) is 0 Å². The molecule has 0 aliphatic rings. The quantitative estimate of drug-likeness (QED) is 0.773. The standard InChI is InChI=1S/C11H5Cl4NO2/c12-7-9(8(13)11(15)16-10(7)14)18-6-3-1-2-5(17)4-6/h1-4,17H. The number of phenols is 1. The first kappa shape index (κ1) is 13.6. The van der Waals surface area contributed by atoms with Crippen LogP contribution in [0.3, 0.4) is 0 Å². The van der Waals surface area contributed by atoms with Crippen LogP contribution < -0.4 is 4.74 Å². The first-order valence-electron chi connectivity index (χ1n) is 4.66. The average molecular weight is 325 g/mol. The van der Waals surface area contributed by atoms with E-state index in [1.165, 1.54) is 12.1 Å². The molecule has 0 spiro atoms. The van der Waals surface area contributed by atoms with E-state index in [1.807, 2.05) is 0 Å². The van der Waals surface area contributed by atoms with E-state index in [-0.39, 0.29) is 31.9 Å². The van der Waals surface area contributed by atoms with Gasteiger partial charge < -0.3 is 9.84 Å². The van der Waals surface area contributed by atoms with Gasteiger partial charge in [-0.05, 0) is 12.1 Å². The van der Waals surface area contributed by atoms with Gasteiger partial charge in [0.1, 0.15) is 21.5 Å². The minimum atomic E-state index is -0.0128. The summed E-state index contributed by atoms with van der Waals surface area (Å²) in [6.45, 7) is 0. The molecule has 1 aromatic carbocycles. The van der Waals surface area contributed by atoms with Crippen LogP contribution in [0.4, 0.5) is 0 Å².